The Hall–Kier alpha value is -2.15. The van der Waals surface area contributed by atoms with E-state index in [0.717, 1.165) is 12.1 Å². The van der Waals surface area contributed by atoms with Crippen molar-refractivity contribution < 1.29 is 18.7 Å². The third-order valence-corrected chi connectivity index (χ3v) is 3.10. The van der Waals surface area contributed by atoms with Crippen molar-refractivity contribution in [2.75, 3.05) is 0 Å². The third-order valence-electron chi connectivity index (χ3n) is 2.46. The standard InChI is InChI=1S/C13H9BrF2N2O2/c14-8-5-4-7(6-10(8)16)20-11-3-1-2-9(15)12(11)13(17)18-19/h1-6,19H,(H2,17,18). The lowest BCUT2D eigenvalue weighted by Crippen LogP contribution is -2.16. The fourth-order valence-electron chi connectivity index (χ4n) is 1.56. The maximum Gasteiger partial charge on any atom is 0.176 e. The second kappa shape index (κ2) is 5.87. The molecule has 0 unspecified atom stereocenters. The van der Waals surface area contributed by atoms with E-state index in [1.807, 2.05) is 0 Å². The van der Waals surface area contributed by atoms with Gasteiger partial charge in [-0.3, -0.25) is 0 Å². The molecule has 0 bridgehead atoms. The average Bonchev–Trinajstić information content (AvgIpc) is 2.42. The summed E-state index contributed by atoms with van der Waals surface area (Å²) in [7, 11) is 0. The van der Waals surface area contributed by atoms with Crippen molar-refractivity contribution in [1.29, 1.82) is 0 Å². The third kappa shape index (κ3) is 2.88. The zero-order chi connectivity index (χ0) is 14.7. The first-order chi connectivity index (χ1) is 9.52. The molecule has 0 radical (unpaired) electrons. The van der Waals surface area contributed by atoms with E-state index < -0.39 is 17.5 Å². The summed E-state index contributed by atoms with van der Waals surface area (Å²) in [4.78, 5) is 0. The molecular weight excluding hydrogens is 334 g/mol. The van der Waals surface area contributed by atoms with Crippen molar-refractivity contribution in [3.8, 4) is 11.5 Å². The molecule has 0 amide bonds. The predicted octanol–water partition coefficient (Wildman–Crippen LogP) is 3.61. The number of amidine groups is 1. The van der Waals surface area contributed by atoms with Crippen LogP contribution in [0.4, 0.5) is 8.78 Å². The van der Waals surface area contributed by atoms with Crippen LogP contribution in [0.25, 0.3) is 0 Å². The highest BCUT2D eigenvalue weighted by Crippen LogP contribution is 2.29. The molecule has 0 aliphatic carbocycles. The summed E-state index contributed by atoms with van der Waals surface area (Å²) < 4.78 is 32.8. The number of hydrogen-bond donors (Lipinski definition) is 2. The minimum absolute atomic E-state index is 0.0158. The Balaban J connectivity index is 2.43. The summed E-state index contributed by atoms with van der Waals surface area (Å²) in [5.41, 5.74) is 5.21. The van der Waals surface area contributed by atoms with E-state index in [1.165, 1.54) is 24.3 Å². The molecule has 0 fully saturated rings. The first kappa shape index (κ1) is 14.3. The highest BCUT2D eigenvalue weighted by atomic mass is 79.9. The van der Waals surface area contributed by atoms with Gasteiger partial charge in [0, 0.05) is 6.07 Å². The van der Waals surface area contributed by atoms with Crippen LogP contribution in [-0.2, 0) is 0 Å². The van der Waals surface area contributed by atoms with Crippen molar-refractivity contribution in [3.63, 3.8) is 0 Å². The lowest BCUT2D eigenvalue weighted by Gasteiger charge is -2.11. The molecule has 0 aromatic heterocycles. The fourth-order valence-corrected chi connectivity index (χ4v) is 1.80. The molecule has 7 heteroatoms. The molecule has 2 aromatic carbocycles. The summed E-state index contributed by atoms with van der Waals surface area (Å²) in [5.74, 6) is -1.50. The molecule has 3 N–H and O–H groups in total. The molecule has 0 aliphatic heterocycles. The maximum absolute atomic E-state index is 13.7. The minimum atomic E-state index is -0.713. The van der Waals surface area contributed by atoms with E-state index in [-0.39, 0.29) is 21.5 Å². The van der Waals surface area contributed by atoms with Gasteiger partial charge in [-0.05, 0) is 40.2 Å². The van der Waals surface area contributed by atoms with Crippen LogP contribution >= 0.6 is 15.9 Å². The fraction of sp³-hybridized carbons (Fsp3) is 0. The quantitative estimate of drug-likeness (QED) is 0.387. The normalized spacial score (nSPS) is 11.4. The first-order valence-electron chi connectivity index (χ1n) is 5.42. The molecule has 0 saturated heterocycles. The van der Waals surface area contributed by atoms with E-state index in [0.29, 0.717) is 0 Å². The van der Waals surface area contributed by atoms with Gasteiger partial charge in [-0.25, -0.2) is 8.78 Å². The molecule has 20 heavy (non-hydrogen) atoms. The Morgan fingerprint density at radius 3 is 2.60 bits per heavy atom. The van der Waals surface area contributed by atoms with Crippen LogP contribution in [0.3, 0.4) is 0 Å². The number of rotatable bonds is 3. The summed E-state index contributed by atoms with van der Waals surface area (Å²) in [5, 5.41) is 11.4. The second-order valence-electron chi connectivity index (χ2n) is 3.78. The topological polar surface area (TPSA) is 67.8 Å². The van der Waals surface area contributed by atoms with Crippen LogP contribution in [-0.4, -0.2) is 11.0 Å². The van der Waals surface area contributed by atoms with Gasteiger partial charge in [-0.2, -0.15) is 0 Å². The van der Waals surface area contributed by atoms with Crippen LogP contribution in [0.5, 0.6) is 11.5 Å². The Morgan fingerprint density at radius 1 is 1.20 bits per heavy atom. The molecule has 2 rings (SSSR count). The lowest BCUT2D eigenvalue weighted by atomic mass is 10.1. The summed E-state index contributed by atoms with van der Waals surface area (Å²) in [6.07, 6.45) is 0. The molecule has 104 valence electrons. The molecule has 0 heterocycles. The van der Waals surface area contributed by atoms with Crippen LogP contribution in [0.2, 0.25) is 0 Å². The van der Waals surface area contributed by atoms with Gasteiger partial charge < -0.3 is 15.7 Å². The molecule has 2 aromatic rings. The van der Waals surface area contributed by atoms with Crippen LogP contribution in [0.1, 0.15) is 5.56 Å². The molecule has 0 aliphatic rings. The number of nitrogens with zero attached hydrogens (tertiary/aromatic N) is 1. The smallest absolute Gasteiger partial charge is 0.176 e. The lowest BCUT2D eigenvalue weighted by molar-refractivity contribution is 0.318. The van der Waals surface area contributed by atoms with E-state index in [1.54, 1.807) is 0 Å². The number of hydrogen-bond acceptors (Lipinski definition) is 3. The summed E-state index contributed by atoms with van der Waals surface area (Å²) in [6.45, 7) is 0. The number of benzene rings is 2. The Morgan fingerprint density at radius 2 is 1.95 bits per heavy atom. The molecule has 0 atom stereocenters. The maximum atomic E-state index is 13.7. The van der Waals surface area contributed by atoms with E-state index >= 15 is 0 Å². The zero-order valence-electron chi connectivity index (χ0n) is 9.98. The van der Waals surface area contributed by atoms with Crippen molar-refractivity contribution in [2.45, 2.75) is 0 Å². The van der Waals surface area contributed by atoms with Gasteiger partial charge in [0.15, 0.2) is 5.84 Å². The van der Waals surface area contributed by atoms with Crippen molar-refractivity contribution in [2.24, 2.45) is 10.9 Å². The van der Waals surface area contributed by atoms with Gasteiger partial charge in [0.05, 0.1) is 10.0 Å². The Labute approximate surface area is 121 Å². The average molecular weight is 343 g/mol. The monoisotopic (exact) mass is 342 g/mol. The number of nitrogens with two attached hydrogens (primary N) is 1. The van der Waals surface area contributed by atoms with Crippen LogP contribution in [0.15, 0.2) is 46.0 Å². The molecule has 0 saturated carbocycles. The van der Waals surface area contributed by atoms with Crippen molar-refractivity contribution >= 4 is 21.8 Å². The van der Waals surface area contributed by atoms with Gasteiger partial charge in [0.25, 0.3) is 0 Å². The van der Waals surface area contributed by atoms with Crippen LogP contribution < -0.4 is 10.5 Å². The Bertz CT molecular complexity index is 677. The molecular formula is C13H9BrF2N2O2. The highest BCUT2D eigenvalue weighted by Gasteiger charge is 2.15. The number of oxime groups is 1. The first-order valence-corrected chi connectivity index (χ1v) is 6.21. The van der Waals surface area contributed by atoms with E-state index in [4.69, 9.17) is 15.7 Å². The van der Waals surface area contributed by atoms with Crippen LogP contribution in [0, 0.1) is 11.6 Å². The SMILES string of the molecule is NC(=NO)c1c(F)cccc1Oc1ccc(Br)c(F)c1. The van der Waals surface area contributed by atoms with Gasteiger partial charge >= 0.3 is 0 Å². The van der Waals surface area contributed by atoms with Gasteiger partial charge in [-0.15, -0.1) is 0 Å². The largest absolute Gasteiger partial charge is 0.456 e. The Kier molecular flexibility index (Phi) is 4.19. The second-order valence-corrected chi connectivity index (χ2v) is 4.63. The summed E-state index contributed by atoms with van der Waals surface area (Å²) in [6, 6.07) is 8.04. The molecule has 4 nitrogen and oxygen atoms in total. The van der Waals surface area contributed by atoms with Gasteiger partial charge in [-0.1, -0.05) is 11.2 Å². The van der Waals surface area contributed by atoms with Crippen molar-refractivity contribution in [1.82, 2.24) is 0 Å². The predicted molar refractivity (Wildman–Crippen MR) is 73.1 cm³/mol. The van der Waals surface area contributed by atoms with Gasteiger partial charge in [0.1, 0.15) is 23.1 Å². The van der Waals surface area contributed by atoms with E-state index in [9.17, 15) is 8.78 Å². The number of halogens is 3. The van der Waals surface area contributed by atoms with Gasteiger partial charge in [0.2, 0.25) is 0 Å². The summed E-state index contributed by atoms with van der Waals surface area (Å²) >= 11 is 3.01. The molecule has 0 spiro atoms. The zero-order valence-corrected chi connectivity index (χ0v) is 11.6. The minimum Gasteiger partial charge on any atom is -0.456 e. The van der Waals surface area contributed by atoms with Crippen molar-refractivity contribution in [3.05, 3.63) is 58.1 Å². The number of ether oxygens (including phenoxy) is 1. The highest BCUT2D eigenvalue weighted by molar-refractivity contribution is 9.10. The van der Waals surface area contributed by atoms with E-state index in [2.05, 4.69) is 21.1 Å².